The Labute approximate surface area is 176 Å². The molecule has 1 atom stereocenters. The third-order valence-corrected chi connectivity index (χ3v) is 5.58. The van der Waals surface area contributed by atoms with E-state index in [1.54, 1.807) is 13.3 Å². The number of carbonyl (C=O) groups excluding carboxylic acids is 1. The smallest absolute Gasteiger partial charge is 0.259 e. The van der Waals surface area contributed by atoms with E-state index in [2.05, 4.69) is 15.3 Å². The summed E-state index contributed by atoms with van der Waals surface area (Å²) in [6, 6.07) is 15.6. The van der Waals surface area contributed by atoms with Crippen molar-refractivity contribution in [3.8, 4) is 0 Å². The summed E-state index contributed by atoms with van der Waals surface area (Å²) >= 11 is 0. The van der Waals surface area contributed by atoms with Gasteiger partial charge in [0, 0.05) is 26.3 Å². The molecular formula is C23H28N4O3. The van der Waals surface area contributed by atoms with Gasteiger partial charge in [-0.25, -0.2) is 4.68 Å². The number of aryl methyl sites for hydroxylation is 1. The average molecular weight is 409 g/mol. The van der Waals surface area contributed by atoms with Crippen LogP contribution in [-0.4, -0.2) is 40.8 Å². The Morgan fingerprint density at radius 2 is 1.97 bits per heavy atom. The molecule has 1 aromatic carbocycles. The van der Waals surface area contributed by atoms with Crippen molar-refractivity contribution in [2.45, 2.75) is 38.5 Å². The largest absolute Gasteiger partial charge is 0.465 e. The van der Waals surface area contributed by atoms with Crippen molar-refractivity contribution >= 4 is 11.7 Å². The van der Waals surface area contributed by atoms with Crippen molar-refractivity contribution in [3.05, 3.63) is 71.8 Å². The van der Waals surface area contributed by atoms with Gasteiger partial charge in [-0.05, 0) is 37.5 Å². The Kier molecular flexibility index (Phi) is 6.30. The molecule has 0 saturated carbocycles. The second-order valence-electron chi connectivity index (χ2n) is 7.70. The number of amides is 1. The van der Waals surface area contributed by atoms with Gasteiger partial charge in [-0.15, -0.1) is 0 Å². The van der Waals surface area contributed by atoms with Gasteiger partial charge >= 0.3 is 0 Å². The quantitative estimate of drug-likeness (QED) is 0.641. The third kappa shape index (κ3) is 4.63. The van der Waals surface area contributed by atoms with E-state index in [0.717, 1.165) is 49.6 Å². The maximum Gasteiger partial charge on any atom is 0.259 e. The number of furan rings is 1. The molecule has 7 nitrogen and oxygen atoms in total. The molecule has 3 heterocycles. The first-order valence-corrected chi connectivity index (χ1v) is 10.3. The van der Waals surface area contributed by atoms with Gasteiger partial charge in [0.2, 0.25) is 0 Å². The molecule has 30 heavy (non-hydrogen) atoms. The standard InChI is InChI=1S/C23H28N4O3/c1-17-8-9-20(30-17)16-26-14-11-19(12-15-26)27-21(10-13-24-27)25-23(28)22(29-2)18-6-4-3-5-7-18/h3-10,13,19,22H,11-12,14-16H2,1-2H3,(H,25,28)/t22-/m1/s1. The summed E-state index contributed by atoms with van der Waals surface area (Å²) in [6.45, 7) is 4.72. The van der Waals surface area contributed by atoms with Gasteiger partial charge in [0.15, 0.2) is 6.10 Å². The van der Waals surface area contributed by atoms with Gasteiger partial charge in [-0.3, -0.25) is 9.69 Å². The summed E-state index contributed by atoms with van der Waals surface area (Å²) in [5.41, 5.74) is 0.824. The second kappa shape index (κ2) is 9.28. The van der Waals surface area contributed by atoms with Crippen molar-refractivity contribution < 1.29 is 13.9 Å². The number of carbonyl (C=O) groups is 1. The van der Waals surface area contributed by atoms with Gasteiger partial charge in [0.25, 0.3) is 5.91 Å². The fourth-order valence-electron chi connectivity index (χ4n) is 4.03. The number of anilines is 1. The molecule has 1 saturated heterocycles. The minimum Gasteiger partial charge on any atom is -0.465 e. The van der Waals surface area contributed by atoms with Gasteiger partial charge in [0.05, 0.1) is 18.8 Å². The zero-order valence-corrected chi connectivity index (χ0v) is 17.5. The van der Waals surface area contributed by atoms with Crippen LogP contribution in [0.5, 0.6) is 0 Å². The zero-order valence-electron chi connectivity index (χ0n) is 17.5. The first-order valence-electron chi connectivity index (χ1n) is 10.3. The molecule has 0 bridgehead atoms. The third-order valence-electron chi connectivity index (χ3n) is 5.58. The van der Waals surface area contributed by atoms with E-state index in [9.17, 15) is 4.79 Å². The van der Waals surface area contributed by atoms with Crippen molar-refractivity contribution in [1.82, 2.24) is 14.7 Å². The van der Waals surface area contributed by atoms with Gasteiger partial charge in [0.1, 0.15) is 17.3 Å². The molecule has 0 unspecified atom stereocenters. The van der Waals surface area contributed by atoms with Crippen LogP contribution in [0.15, 0.2) is 59.1 Å². The highest BCUT2D eigenvalue weighted by Crippen LogP contribution is 2.27. The summed E-state index contributed by atoms with van der Waals surface area (Å²) in [7, 11) is 1.55. The van der Waals surface area contributed by atoms with E-state index in [4.69, 9.17) is 9.15 Å². The van der Waals surface area contributed by atoms with E-state index in [1.807, 2.05) is 60.1 Å². The Morgan fingerprint density at radius 1 is 1.20 bits per heavy atom. The number of rotatable bonds is 7. The summed E-state index contributed by atoms with van der Waals surface area (Å²) < 4.78 is 13.1. The van der Waals surface area contributed by atoms with Crippen LogP contribution >= 0.6 is 0 Å². The Bertz CT molecular complexity index is 958. The predicted octanol–water partition coefficient (Wildman–Crippen LogP) is 3.95. The van der Waals surface area contributed by atoms with Crippen LogP contribution in [0.3, 0.4) is 0 Å². The minimum atomic E-state index is -0.659. The number of benzene rings is 1. The number of hydrogen-bond acceptors (Lipinski definition) is 5. The molecule has 0 spiro atoms. The van der Waals surface area contributed by atoms with E-state index >= 15 is 0 Å². The molecule has 0 radical (unpaired) electrons. The first-order chi connectivity index (χ1) is 14.6. The van der Waals surface area contributed by atoms with E-state index in [1.165, 1.54) is 0 Å². The van der Waals surface area contributed by atoms with Crippen molar-refractivity contribution in [2.75, 3.05) is 25.5 Å². The molecule has 1 amide bonds. The number of likely N-dealkylation sites (tertiary alicyclic amines) is 1. The number of hydrogen-bond donors (Lipinski definition) is 1. The average Bonchev–Trinajstić information content (AvgIpc) is 3.39. The van der Waals surface area contributed by atoms with Crippen LogP contribution < -0.4 is 5.32 Å². The maximum atomic E-state index is 12.8. The molecule has 1 fully saturated rings. The van der Waals surface area contributed by atoms with Gasteiger partial charge in [-0.1, -0.05) is 30.3 Å². The normalized spacial score (nSPS) is 16.5. The molecule has 3 aromatic rings. The van der Waals surface area contributed by atoms with Crippen LogP contribution in [-0.2, 0) is 16.1 Å². The predicted molar refractivity (Wildman–Crippen MR) is 114 cm³/mol. The van der Waals surface area contributed by atoms with Crippen LogP contribution in [0.4, 0.5) is 5.82 Å². The van der Waals surface area contributed by atoms with Crippen LogP contribution in [0, 0.1) is 6.92 Å². The number of ether oxygens (including phenoxy) is 1. The number of piperidine rings is 1. The summed E-state index contributed by atoms with van der Waals surface area (Å²) in [5.74, 6) is 2.46. The number of nitrogens with zero attached hydrogens (tertiary/aromatic N) is 3. The lowest BCUT2D eigenvalue weighted by Gasteiger charge is -2.32. The number of nitrogens with one attached hydrogen (secondary N) is 1. The van der Waals surface area contributed by atoms with Crippen LogP contribution in [0.1, 0.15) is 42.1 Å². The van der Waals surface area contributed by atoms with Crippen molar-refractivity contribution in [2.24, 2.45) is 0 Å². The Hall–Kier alpha value is -2.90. The molecule has 1 aliphatic rings. The lowest BCUT2D eigenvalue weighted by molar-refractivity contribution is -0.126. The van der Waals surface area contributed by atoms with Gasteiger partial charge < -0.3 is 14.5 Å². The first kappa shape index (κ1) is 20.4. The molecule has 158 valence electrons. The lowest BCUT2D eigenvalue weighted by Crippen LogP contribution is -2.35. The molecule has 2 aromatic heterocycles. The van der Waals surface area contributed by atoms with Crippen molar-refractivity contribution in [3.63, 3.8) is 0 Å². The topological polar surface area (TPSA) is 72.5 Å². The molecular weight excluding hydrogens is 380 g/mol. The summed E-state index contributed by atoms with van der Waals surface area (Å²) in [6.07, 6.45) is 3.01. The fraction of sp³-hybridized carbons (Fsp3) is 0.391. The van der Waals surface area contributed by atoms with E-state index in [-0.39, 0.29) is 11.9 Å². The molecule has 1 N–H and O–H groups in total. The zero-order chi connectivity index (χ0) is 20.9. The molecule has 1 aliphatic heterocycles. The van der Waals surface area contributed by atoms with Crippen molar-refractivity contribution in [1.29, 1.82) is 0 Å². The van der Waals surface area contributed by atoms with E-state index < -0.39 is 6.10 Å². The summed E-state index contributed by atoms with van der Waals surface area (Å²) in [4.78, 5) is 15.2. The minimum absolute atomic E-state index is 0.198. The highest BCUT2D eigenvalue weighted by atomic mass is 16.5. The van der Waals surface area contributed by atoms with Gasteiger partial charge in [-0.2, -0.15) is 5.10 Å². The maximum absolute atomic E-state index is 12.8. The highest BCUT2D eigenvalue weighted by molar-refractivity contribution is 5.94. The summed E-state index contributed by atoms with van der Waals surface area (Å²) in [5, 5.41) is 7.49. The SMILES string of the molecule is CO[C@@H](C(=O)Nc1ccnn1C1CCN(Cc2ccc(C)o2)CC1)c1ccccc1. The van der Waals surface area contributed by atoms with E-state index in [0.29, 0.717) is 5.82 Å². The monoisotopic (exact) mass is 408 g/mol. The Balaban J connectivity index is 1.37. The Morgan fingerprint density at radius 3 is 2.63 bits per heavy atom. The highest BCUT2D eigenvalue weighted by Gasteiger charge is 2.26. The molecule has 0 aliphatic carbocycles. The fourth-order valence-corrected chi connectivity index (χ4v) is 4.03. The molecule has 7 heteroatoms. The molecule has 4 rings (SSSR count). The number of methoxy groups -OCH3 is 1. The second-order valence-corrected chi connectivity index (χ2v) is 7.70. The van der Waals surface area contributed by atoms with Crippen LogP contribution in [0.2, 0.25) is 0 Å². The number of aromatic nitrogens is 2. The van der Waals surface area contributed by atoms with Crippen LogP contribution in [0.25, 0.3) is 0 Å². The lowest BCUT2D eigenvalue weighted by atomic mass is 10.1.